The van der Waals surface area contributed by atoms with Gasteiger partial charge >= 0.3 is 0 Å². The van der Waals surface area contributed by atoms with E-state index >= 15 is 0 Å². The van der Waals surface area contributed by atoms with Crippen LogP contribution in [0, 0.1) is 10.7 Å². The molecule has 2 aromatic rings. The maximum absolute atomic E-state index is 11.4. The van der Waals surface area contributed by atoms with Crippen molar-refractivity contribution in [1.29, 1.82) is 5.26 Å². The Morgan fingerprint density at radius 2 is 2.22 bits per heavy atom. The molecule has 0 fully saturated rings. The van der Waals surface area contributed by atoms with E-state index in [0.29, 0.717) is 5.13 Å². The summed E-state index contributed by atoms with van der Waals surface area (Å²) >= 11 is 25.4. The van der Waals surface area contributed by atoms with Crippen molar-refractivity contribution in [3.05, 3.63) is 18.2 Å². The molecule has 0 spiro atoms. The van der Waals surface area contributed by atoms with E-state index in [2.05, 4.69) is 15.6 Å². The number of fused-ring (bicyclic) bond motifs is 1. The number of benzene rings is 1. The van der Waals surface area contributed by atoms with Crippen LogP contribution in [0.25, 0.3) is 10.2 Å². The Morgan fingerprint density at radius 1 is 1.48 bits per heavy atom. The lowest BCUT2D eigenvalue weighted by Crippen LogP contribution is -2.49. The van der Waals surface area contributed by atoms with E-state index in [-0.39, 0.29) is 5.88 Å². The molecule has 0 aliphatic carbocycles. The SMILES string of the molecule is N#CSc1ccc2nc(N[C@H](NC(=O)CCl)C(Cl)(Cl)Cl)sc2c1. The van der Waals surface area contributed by atoms with Gasteiger partial charge in [-0.2, -0.15) is 5.26 Å². The summed E-state index contributed by atoms with van der Waals surface area (Å²) in [7, 11) is 0. The molecule has 0 unspecified atom stereocenters. The Morgan fingerprint density at radius 3 is 2.83 bits per heavy atom. The van der Waals surface area contributed by atoms with Crippen molar-refractivity contribution in [2.24, 2.45) is 0 Å². The van der Waals surface area contributed by atoms with E-state index in [1.165, 1.54) is 11.3 Å². The molecule has 0 saturated carbocycles. The average Bonchev–Trinajstić information content (AvgIpc) is 2.87. The fourth-order valence-corrected chi connectivity index (χ4v) is 3.44. The molecule has 0 aliphatic rings. The Labute approximate surface area is 160 Å². The standard InChI is InChI=1S/C12H8Cl4N4OS2/c13-4-9(21)19-10(12(14,15)16)20-11-18-7-2-1-6(22-5-17)3-8(7)23-11/h1-3,10H,4H2,(H,18,20)(H,19,21)/t10-/m0/s1. The highest BCUT2D eigenvalue weighted by Gasteiger charge is 2.34. The van der Waals surface area contributed by atoms with Crippen LogP contribution in [0.5, 0.6) is 0 Å². The predicted octanol–water partition coefficient (Wildman–Crippen LogP) is 4.33. The zero-order chi connectivity index (χ0) is 17.0. The molecule has 23 heavy (non-hydrogen) atoms. The summed E-state index contributed by atoms with van der Waals surface area (Å²) in [4.78, 5) is 16.6. The van der Waals surface area contributed by atoms with Gasteiger partial charge in [-0.25, -0.2) is 4.98 Å². The van der Waals surface area contributed by atoms with Gasteiger partial charge in [0, 0.05) is 4.90 Å². The van der Waals surface area contributed by atoms with Crippen LogP contribution in [0.1, 0.15) is 0 Å². The molecule has 0 aliphatic heterocycles. The van der Waals surface area contributed by atoms with E-state index < -0.39 is 15.9 Å². The number of thiocyanates is 1. The summed E-state index contributed by atoms with van der Waals surface area (Å²) in [6.45, 7) is 0. The number of nitriles is 1. The van der Waals surface area contributed by atoms with E-state index in [1.54, 1.807) is 12.1 Å². The second kappa shape index (κ2) is 7.97. The molecule has 0 bridgehead atoms. The molecule has 122 valence electrons. The fourth-order valence-electron chi connectivity index (χ4n) is 1.61. The number of thioether (sulfide) groups is 1. The smallest absolute Gasteiger partial charge is 0.236 e. The number of anilines is 1. The molecule has 2 rings (SSSR count). The molecule has 11 heteroatoms. The van der Waals surface area contributed by atoms with Gasteiger partial charge in [0.05, 0.1) is 10.2 Å². The largest absolute Gasteiger partial charge is 0.338 e. The van der Waals surface area contributed by atoms with Crippen LogP contribution in [0.3, 0.4) is 0 Å². The highest BCUT2D eigenvalue weighted by molar-refractivity contribution is 8.03. The molecular formula is C12H8Cl4N4OS2. The van der Waals surface area contributed by atoms with Gasteiger partial charge in [-0.15, -0.1) is 11.6 Å². The molecule has 2 N–H and O–H groups in total. The minimum atomic E-state index is -1.79. The number of rotatable bonds is 5. The number of hydrogen-bond acceptors (Lipinski definition) is 6. The molecule has 1 atom stereocenters. The van der Waals surface area contributed by atoms with Gasteiger partial charge in [-0.05, 0) is 30.0 Å². The first-order valence-corrected chi connectivity index (χ1v) is 9.28. The predicted molar refractivity (Wildman–Crippen MR) is 97.7 cm³/mol. The number of carbonyl (C=O) groups is 1. The summed E-state index contributed by atoms with van der Waals surface area (Å²) < 4.78 is -0.930. The molecule has 0 radical (unpaired) electrons. The summed E-state index contributed by atoms with van der Waals surface area (Å²) in [6.07, 6.45) is -0.993. The van der Waals surface area contributed by atoms with Gasteiger partial charge < -0.3 is 10.6 Å². The van der Waals surface area contributed by atoms with Gasteiger partial charge in [0.25, 0.3) is 0 Å². The van der Waals surface area contributed by atoms with Crippen molar-refractivity contribution < 1.29 is 4.79 Å². The van der Waals surface area contributed by atoms with Gasteiger partial charge in [-0.3, -0.25) is 4.79 Å². The van der Waals surface area contributed by atoms with Crippen LogP contribution in [0.15, 0.2) is 23.1 Å². The van der Waals surface area contributed by atoms with Crippen LogP contribution in [-0.4, -0.2) is 26.7 Å². The topological polar surface area (TPSA) is 77.8 Å². The summed E-state index contributed by atoms with van der Waals surface area (Å²) in [5.74, 6) is -0.739. The van der Waals surface area contributed by atoms with Gasteiger partial charge in [-0.1, -0.05) is 46.1 Å². The number of thiazole rings is 1. The maximum atomic E-state index is 11.4. The van der Waals surface area contributed by atoms with Crippen molar-refractivity contribution in [3.63, 3.8) is 0 Å². The molecule has 1 aromatic carbocycles. The van der Waals surface area contributed by atoms with Crippen LogP contribution >= 0.6 is 69.5 Å². The molecule has 1 heterocycles. The van der Waals surface area contributed by atoms with E-state index in [0.717, 1.165) is 26.9 Å². The zero-order valence-electron chi connectivity index (χ0n) is 11.1. The minimum Gasteiger partial charge on any atom is -0.338 e. The van der Waals surface area contributed by atoms with E-state index in [9.17, 15) is 4.79 Å². The van der Waals surface area contributed by atoms with Crippen LogP contribution in [0.4, 0.5) is 5.13 Å². The molecule has 1 amide bonds. The van der Waals surface area contributed by atoms with Crippen molar-refractivity contribution in [1.82, 2.24) is 10.3 Å². The number of aromatic nitrogens is 1. The lowest BCUT2D eigenvalue weighted by atomic mass is 10.3. The van der Waals surface area contributed by atoms with Gasteiger partial charge in [0.1, 0.15) is 17.4 Å². The highest BCUT2D eigenvalue weighted by Crippen LogP contribution is 2.34. The lowest BCUT2D eigenvalue weighted by molar-refractivity contribution is -0.119. The first-order chi connectivity index (χ1) is 10.8. The molecular weight excluding hydrogens is 422 g/mol. The third-order valence-corrected chi connectivity index (χ3v) is 4.97. The van der Waals surface area contributed by atoms with Gasteiger partial charge in [0.15, 0.2) is 5.13 Å². The Balaban J connectivity index is 2.24. The fraction of sp³-hybridized carbons (Fsp3) is 0.250. The summed E-state index contributed by atoms with van der Waals surface area (Å²) in [5.41, 5.74) is 0.728. The second-order valence-corrected chi connectivity index (χ2v) is 8.69. The molecule has 0 saturated heterocycles. The molecule has 1 aromatic heterocycles. The van der Waals surface area contributed by atoms with E-state index in [4.69, 9.17) is 51.7 Å². The number of halogens is 4. The second-order valence-electron chi connectivity index (χ2n) is 4.16. The number of hydrogen-bond donors (Lipinski definition) is 2. The highest BCUT2D eigenvalue weighted by atomic mass is 35.6. The van der Waals surface area contributed by atoms with Crippen molar-refractivity contribution in [3.8, 4) is 5.40 Å². The minimum absolute atomic E-state index is 0.256. The maximum Gasteiger partial charge on any atom is 0.236 e. The molecule has 5 nitrogen and oxygen atoms in total. The third-order valence-electron chi connectivity index (χ3n) is 2.55. The first kappa shape index (κ1) is 18.7. The Hall–Kier alpha value is -0.620. The van der Waals surface area contributed by atoms with Crippen molar-refractivity contribution in [2.75, 3.05) is 11.2 Å². The van der Waals surface area contributed by atoms with Crippen molar-refractivity contribution in [2.45, 2.75) is 14.9 Å². The van der Waals surface area contributed by atoms with Crippen molar-refractivity contribution >= 4 is 90.8 Å². The van der Waals surface area contributed by atoms with E-state index in [1.807, 2.05) is 11.5 Å². The Kier molecular flexibility index (Phi) is 6.48. The average molecular weight is 430 g/mol. The van der Waals surface area contributed by atoms with Crippen LogP contribution in [0.2, 0.25) is 0 Å². The summed E-state index contributed by atoms with van der Waals surface area (Å²) in [5, 5.41) is 16.5. The number of alkyl halides is 4. The third kappa shape index (κ3) is 5.18. The monoisotopic (exact) mass is 428 g/mol. The van der Waals surface area contributed by atoms with Crippen LogP contribution in [-0.2, 0) is 4.79 Å². The number of amides is 1. The van der Waals surface area contributed by atoms with Crippen LogP contribution < -0.4 is 10.6 Å². The number of nitrogens with zero attached hydrogens (tertiary/aromatic N) is 2. The Bertz CT molecular complexity index is 756. The lowest BCUT2D eigenvalue weighted by Gasteiger charge is -2.25. The number of nitrogens with one attached hydrogen (secondary N) is 2. The summed E-state index contributed by atoms with van der Waals surface area (Å²) in [6, 6.07) is 5.42. The first-order valence-electron chi connectivity index (χ1n) is 5.98. The van der Waals surface area contributed by atoms with Gasteiger partial charge in [0.2, 0.25) is 9.70 Å². The number of carbonyl (C=O) groups excluding carboxylic acids is 1. The quantitative estimate of drug-likeness (QED) is 0.320. The zero-order valence-corrected chi connectivity index (χ0v) is 15.8. The normalized spacial score (nSPS) is 12.7.